The summed E-state index contributed by atoms with van der Waals surface area (Å²) >= 11 is 0. The van der Waals surface area contributed by atoms with Gasteiger partial charge < -0.3 is 16.0 Å². The van der Waals surface area contributed by atoms with Gasteiger partial charge in [-0.2, -0.15) is 0 Å². The Kier molecular flexibility index (Phi) is 5.01. The lowest BCUT2D eigenvalue weighted by molar-refractivity contribution is -0.383. The highest BCUT2D eigenvalue weighted by Crippen LogP contribution is 2.28. The van der Waals surface area contributed by atoms with Gasteiger partial charge in [-0.3, -0.25) is 10.1 Å². The maximum atomic E-state index is 10.9. The van der Waals surface area contributed by atoms with E-state index in [1.54, 1.807) is 12.1 Å². The molecule has 1 aliphatic heterocycles. The Morgan fingerprint density at radius 3 is 2.81 bits per heavy atom. The fourth-order valence-electron chi connectivity index (χ4n) is 2.81. The number of nitro groups is 1. The number of nitrogens with one attached hydrogen (secondary N) is 1. The van der Waals surface area contributed by atoms with Gasteiger partial charge in [-0.15, -0.1) is 0 Å². The van der Waals surface area contributed by atoms with Crippen molar-refractivity contribution in [2.24, 2.45) is 5.92 Å². The molecule has 1 unspecified atom stereocenters. The van der Waals surface area contributed by atoms with Crippen molar-refractivity contribution in [1.29, 1.82) is 0 Å². The number of rotatable bonds is 6. The standard InChI is InChI=1S/C15H24N4O2/c1-11(2)9-18(10-12-4-3-7-17-12)13-5-6-15(19(20)21)14(16)8-13/h5-6,8,11-12,17H,3-4,7,9-10,16H2,1-2H3. The van der Waals surface area contributed by atoms with E-state index in [1.807, 2.05) is 0 Å². The number of nitrogens with two attached hydrogens (primary N) is 1. The number of benzene rings is 1. The van der Waals surface area contributed by atoms with Crippen molar-refractivity contribution in [2.45, 2.75) is 32.7 Å². The molecule has 6 heteroatoms. The summed E-state index contributed by atoms with van der Waals surface area (Å²) in [6, 6.07) is 5.50. The number of hydrogen-bond donors (Lipinski definition) is 2. The highest BCUT2D eigenvalue weighted by Gasteiger charge is 2.20. The van der Waals surface area contributed by atoms with Crippen LogP contribution in [0.15, 0.2) is 18.2 Å². The fraction of sp³-hybridized carbons (Fsp3) is 0.600. The van der Waals surface area contributed by atoms with Crippen LogP contribution in [0.5, 0.6) is 0 Å². The van der Waals surface area contributed by atoms with Crippen molar-refractivity contribution < 1.29 is 4.92 Å². The second-order valence-electron chi connectivity index (χ2n) is 6.09. The zero-order valence-electron chi connectivity index (χ0n) is 12.7. The quantitative estimate of drug-likeness (QED) is 0.478. The third-order valence-electron chi connectivity index (χ3n) is 3.76. The minimum atomic E-state index is -0.440. The SMILES string of the molecule is CC(C)CN(CC1CCCN1)c1ccc([N+](=O)[O-])c(N)c1. The van der Waals surface area contributed by atoms with E-state index >= 15 is 0 Å². The van der Waals surface area contributed by atoms with Crippen LogP contribution >= 0.6 is 0 Å². The van der Waals surface area contributed by atoms with Gasteiger partial charge in [0.25, 0.3) is 5.69 Å². The van der Waals surface area contributed by atoms with Crippen LogP contribution in [0.1, 0.15) is 26.7 Å². The number of nitrogen functional groups attached to an aromatic ring is 1. The largest absolute Gasteiger partial charge is 0.393 e. The van der Waals surface area contributed by atoms with Gasteiger partial charge in [0.15, 0.2) is 0 Å². The molecule has 21 heavy (non-hydrogen) atoms. The molecule has 1 aromatic rings. The molecule has 6 nitrogen and oxygen atoms in total. The molecule has 0 aliphatic carbocycles. The zero-order chi connectivity index (χ0) is 15.4. The Morgan fingerprint density at radius 1 is 1.52 bits per heavy atom. The Hall–Kier alpha value is -1.82. The Bertz CT molecular complexity index is 498. The lowest BCUT2D eigenvalue weighted by atomic mass is 10.1. The Balaban J connectivity index is 2.18. The second kappa shape index (κ2) is 6.76. The summed E-state index contributed by atoms with van der Waals surface area (Å²) in [7, 11) is 0. The molecule has 1 fully saturated rings. The number of hydrogen-bond acceptors (Lipinski definition) is 5. The molecule has 0 radical (unpaired) electrons. The van der Waals surface area contributed by atoms with Gasteiger partial charge >= 0.3 is 0 Å². The number of anilines is 2. The first-order chi connectivity index (χ1) is 9.97. The van der Waals surface area contributed by atoms with Gasteiger partial charge in [0.1, 0.15) is 5.69 Å². The zero-order valence-corrected chi connectivity index (χ0v) is 12.7. The molecule has 0 saturated carbocycles. The minimum Gasteiger partial charge on any atom is -0.393 e. The first kappa shape index (κ1) is 15.6. The first-order valence-corrected chi connectivity index (χ1v) is 7.49. The molecule has 0 aromatic heterocycles. The number of nitro benzene ring substituents is 1. The highest BCUT2D eigenvalue weighted by atomic mass is 16.6. The van der Waals surface area contributed by atoms with Gasteiger partial charge in [-0.25, -0.2) is 0 Å². The first-order valence-electron chi connectivity index (χ1n) is 7.49. The third kappa shape index (κ3) is 4.07. The summed E-state index contributed by atoms with van der Waals surface area (Å²) < 4.78 is 0. The van der Waals surface area contributed by atoms with E-state index in [0.29, 0.717) is 12.0 Å². The molecular weight excluding hydrogens is 268 g/mol. The normalized spacial score (nSPS) is 18.1. The summed E-state index contributed by atoms with van der Waals surface area (Å²) in [6.45, 7) is 7.24. The molecule has 3 N–H and O–H groups in total. The van der Waals surface area contributed by atoms with Crippen molar-refractivity contribution in [3.05, 3.63) is 28.3 Å². The van der Waals surface area contributed by atoms with Crippen LogP contribution in [0.2, 0.25) is 0 Å². The van der Waals surface area contributed by atoms with Gasteiger partial charge in [0.05, 0.1) is 4.92 Å². The lowest BCUT2D eigenvalue weighted by Gasteiger charge is -2.29. The van der Waals surface area contributed by atoms with E-state index < -0.39 is 4.92 Å². The molecule has 2 rings (SSSR count). The van der Waals surface area contributed by atoms with Gasteiger partial charge in [0.2, 0.25) is 0 Å². The smallest absolute Gasteiger partial charge is 0.292 e. The summed E-state index contributed by atoms with van der Waals surface area (Å²) in [5.41, 5.74) is 6.98. The monoisotopic (exact) mass is 292 g/mol. The molecule has 116 valence electrons. The van der Waals surface area contributed by atoms with Crippen LogP contribution in [0.3, 0.4) is 0 Å². The summed E-state index contributed by atoms with van der Waals surface area (Å²) in [6.07, 6.45) is 2.39. The van der Waals surface area contributed by atoms with E-state index in [1.165, 1.54) is 18.9 Å². The minimum absolute atomic E-state index is 0.0257. The molecule has 1 heterocycles. The maximum Gasteiger partial charge on any atom is 0.292 e. The van der Waals surface area contributed by atoms with Gasteiger partial charge in [-0.1, -0.05) is 13.8 Å². The van der Waals surface area contributed by atoms with Crippen molar-refractivity contribution >= 4 is 17.1 Å². The van der Waals surface area contributed by atoms with Crippen LogP contribution in [-0.4, -0.2) is 30.6 Å². The van der Waals surface area contributed by atoms with Crippen LogP contribution in [0.4, 0.5) is 17.1 Å². The molecule has 0 bridgehead atoms. The van der Waals surface area contributed by atoms with Crippen LogP contribution in [0, 0.1) is 16.0 Å². The number of nitrogens with zero attached hydrogens (tertiary/aromatic N) is 2. The predicted octanol–water partition coefficient (Wildman–Crippen LogP) is 2.39. The van der Waals surface area contributed by atoms with Crippen molar-refractivity contribution in [3.8, 4) is 0 Å². The maximum absolute atomic E-state index is 10.9. The third-order valence-corrected chi connectivity index (χ3v) is 3.76. The molecule has 0 spiro atoms. The summed E-state index contributed by atoms with van der Waals surface area (Å²) in [5, 5.41) is 14.4. The van der Waals surface area contributed by atoms with Gasteiger partial charge in [-0.05, 0) is 37.4 Å². The van der Waals surface area contributed by atoms with E-state index in [-0.39, 0.29) is 11.4 Å². The molecule has 0 amide bonds. The molecule has 1 saturated heterocycles. The van der Waals surface area contributed by atoms with Crippen LogP contribution in [0.25, 0.3) is 0 Å². The van der Waals surface area contributed by atoms with E-state index in [4.69, 9.17) is 5.73 Å². The van der Waals surface area contributed by atoms with E-state index in [9.17, 15) is 10.1 Å². The molecule has 1 atom stereocenters. The lowest BCUT2D eigenvalue weighted by Crippen LogP contribution is -2.39. The van der Waals surface area contributed by atoms with Gasteiger partial charge in [0, 0.05) is 30.9 Å². The van der Waals surface area contributed by atoms with Crippen molar-refractivity contribution in [1.82, 2.24) is 5.32 Å². The topological polar surface area (TPSA) is 84.4 Å². The second-order valence-corrected chi connectivity index (χ2v) is 6.09. The Morgan fingerprint density at radius 2 is 2.29 bits per heavy atom. The summed E-state index contributed by atoms with van der Waals surface area (Å²) in [4.78, 5) is 12.7. The highest BCUT2D eigenvalue weighted by molar-refractivity contribution is 5.66. The molecule has 1 aliphatic rings. The van der Waals surface area contributed by atoms with Crippen molar-refractivity contribution in [2.75, 3.05) is 30.3 Å². The average Bonchev–Trinajstić information content (AvgIpc) is 2.89. The predicted molar refractivity (Wildman–Crippen MR) is 85.6 cm³/mol. The van der Waals surface area contributed by atoms with E-state index in [0.717, 1.165) is 25.3 Å². The van der Waals surface area contributed by atoms with Crippen molar-refractivity contribution in [3.63, 3.8) is 0 Å². The van der Waals surface area contributed by atoms with Crippen LogP contribution < -0.4 is 16.0 Å². The van der Waals surface area contributed by atoms with E-state index in [2.05, 4.69) is 24.1 Å². The average molecular weight is 292 g/mol. The van der Waals surface area contributed by atoms with Crippen LogP contribution in [-0.2, 0) is 0 Å². The molecular formula is C15H24N4O2. The fourth-order valence-corrected chi connectivity index (χ4v) is 2.81. The summed E-state index contributed by atoms with van der Waals surface area (Å²) in [5.74, 6) is 0.516. The molecule has 1 aromatic carbocycles. The Labute approximate surface area is 125 Å².